The van der Waals surface area contributed by atoms with Gasteiger partial charge in [0.15, 0.2) is 0 Å². The van der Waals surface area contributed by atoms with E-state index in [2.05, 4.69) is 22.2 Å². The van der Waals surface area contributed by atoms with Crippen LogP contribution in [0.25, 0.3) is 5.65 Å². The van der Waals surface area contributed by atoms with Crippen molar-refractivity contribution in [2.24, 2.45) is 0 Å². The first kappa shape index (κ1) is 15.2. The molecule has 0 aromatic carbocycles. The highest BCUT2D eigenvalue weighted by atomic mass is 16.2. The van der Waals surface area contributed by atoms with Gasteiger partial charge < -0.3 is 5.32 Å². The maximum Gasteiger partial charge on any atom is 0.275 e. The standard InChI is InChI=1S/C18H20N4O/c1-4-5-14-17(22-11-13(3)7-9-16(22)20-14)18(23)21-15-8-6-12(2)10-19-15/h6-11H,4-5H2,1-3H3,(H,19,21,23). The Morgan fingerprint density at radius 2 is 1.96 bits per heavy atom. The van der Waals surface area contributed by atoms with Gasteiger partial charge in [0, 0.05) is 12.4 Å². The van der Waals surface area contributed by atoms with Gasteiger partial charge in [-0.1, -0.05) is 25.5 Å². The van der Waals surface area contributed by atoms with Crippen molar-refractivity contribution >= 4 is 17.4 Å². The fourth-order valence-corrected chi connectivity index (χ4v) is 2.57. The molecule has 5 heteroatoms. The summed E-state index contributed by atoms with van der Waals surface area (Å²) in [6.07, 6.45) is 5.39. The van der Waals surface area contributed by atoms with Crippen molar-refractivity contribution in [1.82, 2.24) is 14.4 Å². The van der Waals surface area contributed by atoms with E-state index < -0.39 is 0 Å². The number of imidazole rings is 1. The molecule has 0 fully saturated rings. The third-order valence-corrected chi connectivity index (χ3v) is 3.69. The van der Waals surface area contributed by atoms with Crippen molar-refractivity contribution in [3.05, 3.63) is 59.2 Å². The lowest BCUT2D eigenvalue weighted by molar-refractivity contribution is 0.102. The molecule has 3 aromatic heterocycles. The Balaban J connectivity index is 2.02. The molecule has 23 heavy (non-hydrogen) atoms. The van der Waals surface area contributed by atoms with Crippen molar-refractivity contribution in [2.75, 3.05) is 5.32 Å². The van der Waals surface area contributed by atoms with Crippen LogP contribution in [0.1, 0.15) is 40.7 Å². The lowest BCUT2D eigenvalue weighted by atomic mass is 10.2. The molecule has 5 nitrogen and oxygen atoms in total. The number of carbonyl (C=O) groups excluding carboxylic acids is 1. The molecule has 0 bridgehead atoms. The molecule has 118 valence electrons. The SMILES string of the molecule is CCCc1nc2ccc(C)cn2c1C(=O)Nc1ccc(C)cn1. The van der Waals surface area contributed by atoms with E-state index in [-0.39, 0.29) is 5.91 Å². The topological polar surface area (TPSA) is 59.3 Å². The van der Waals surface area contributed by atoms with Crippen molar-refractivity contribution < 1.29 is 4.79 Å². The number of rotatable bonds is 4. The molecule has 0 saturated carbocycles. The number of anilines is 1. The van der Waals surface area contributed by atoms with Gasteiger partial charge in [0.1, 0.15) is 17.2 Å². The number of hydrogen-bond donors (Lipinski definition) is 1. The summed E-state index contributed by atoms with van der Waals surface area (Å²) in [5.74, 6) is 0.369. The number of amides is 1. The van der Waals surface area contributed by atoms with Crippen LogP contribution in [0.4, 0.5) is 5.82 Å². The molecule has 0 atom stereocenters. The number of fused-ring (bicyclic) bond motifs is 1. The summed E-state index contributed by atoms with van der Waals surface area (Å²) in [7, 11) is 0. The number of pyridine rings is 2. The molecular formula is C18H20N4O. The lowest BCUT2D eigenvalue weighted by Gasteiger charge is -2.07. The summed E-state index contributed by atoms with van der Waals surface area (Å²) < 4.78 is 1.86. The quantitative estimate of drug-likeness (QED) is 0.802. The van der Waals surface area contributed by atoms with Crippen molar-refractivity contribution in [3.63, 3.8) is 0 Å². The third-order valence-electron chi connectivity index (χ3n) is 3.69. The molecule has 3 heterocycles. The zero-order valence-corrected chi connectivity index (χ0v) is 13.6. The number of nitrogens with one attached hydrogen (secondary N) is 1. The summed E-state index contributed by atoms with van der Waals surface area (Å²) in [6.45, 7) is 6.05. The van der Waals surface area contributed by atoms with Gasteiger partial charge in [-0.05, 0) is 43.5 Å². The molecule has 3 aromatic rings. The summed E-state index contributed by atoms with van der Waals surface area (Å²) in [6, 6.07) is 7.67. The fourth-order valence-electron chi connectivity index (χ4n) is 2.57. The van der Waals surface area contributed by atoms with E-state index in [1.165, 1.54) is 0 Å². The fraction of sp³-hybridized carbons (Fsp3) is 0.278. The highest BCUT2D eigenvalue weighted by Crippen LogP contribution is 2.17. The zero-order valence-electron chi connectivity index (χ0n) is 13.6. The summed E-state index contributed by atoms with van der Waals surface area (Å²) in [5, 5.41) is 2.87. The van der Waals surface area contributed by atoms with Crippen LogP contribution in [0, 0.1) is 13.8 Å². The Hall–Kier alpha value is -2.69. The maximum absolute atomic E-state index is 12.8. The van der Waals surface area contributed by atoms with E-state index >= 15 is 0 Å². The van der Waals surface area contributed by atoms with Crippen LogP contribution in [0.3, 0.4) is 0 Å². The van der Waals surface area contributed by atoms with E-state index in [1.807, 2.05) is 42.6 Å². The second-order valence-electron chi connectivity index (χ2n) is 5.77. The van der Waals surface area contributed by atoms with Gasteiger partial charge in [0.05, 0.1) is 5.69 Å². The number of aryl methyl sites for hydroxylation is 3. The van der Waals surface area contributed by atoms with Crippen LogP contribution in [0.2, 0.25) is 0 Å². The minimum atomic E-state index is -0.178. The van der Waals surface area contributed by atoms with Crippen LogP contribution in [-0.4, -0.2) is 20.3 Å². The molecule has 0 aliphatic carbocycles. The van der Waals surface area contributed by atoms with E-state index in [9.17, 15) is 4.79 Å². The van der Waals surface area contributed by atoms with Crippen molar-refractivity contribution in [3.8, 4) is 0 Å². The molecular weight excluding hydrogens is 288 g/mol. The van der Waals surface area contributed by atoms with Crippen LogP contribution in [0.5, 0.6) is 0 Å². The van der Waals surface area contributed by atoms with Gasteiger partial charge in [-0.25, -0.2) is 9.97 Å². The van der Waals surface area contributed by atoms with Gasteiger partial charge in [-0.2, -0.15) is 0 Å². The van der Waals surface area contributed by atoms with Gasteiger partial charge in [-0.15, -0.1) is 0 Å². The summed E-state index contributed by atoms with van der Waals surface area (Å²) in [5.41, 5.74) is 4.34. The zero-order chi connectivity index (χ0) is 16.4. The monoisotopic (exact) mass is 308 g/mol. The molecule has 0 radical (unpaired) electrons. The Morgan fingerprint density at radius 3 is 2.65 bits per heavy atom. The highest BCUT2D eigenvalue weighted by molar-refractivity contribution is 6.04. The predicted octanol–water partition coefficient (Wildman–Crippen LogP) is 3.55. The van der Waals surface area contributed by atoms with Gasteiger partial charge in [0.2, 0.25) is 0 Å². The van der Waals surface area contributed by atoms with Crippen molar-refractivity contribution in [2.45, 2.75) is 33.6 Å². The number of hydrogen-bond acceptors (Lipinski definition) is 3. The second-order valence-corrected chi connectivity index (χ2v) is 5.77. The Kier molecular flexibility index (Phi) is 4.10. The average Bonchev–Trinajstić information content (AvgIpc) is 2.87. The Bertz CT molecular complexity index is 849. The normalized spacial score (nSPS) is 10.9. The molecule has 0 aliphatic heterocycles. The number of carbonyl (C=O) groups is 1. The van der Waals surface area contributed by atoms with E-state index in [0.29, 0.717) is 11.5 Å². The summed E-state index contributed by atoms with van der Waals surface area (Å²) in [4.78, 5) is 21.6. The van der Waals surface area contributed by atoms with Crippen molar-refractivity contribution in [1.29, 1.82) is 0 Å². The number of aromatic nitrogens is 3. The van der Waals surface area contributed by atoms with Crippen LogP contribution in [-0.2, 0) is 6.42 Å². The average molecular weight is 308 g/mol. The second kappa shape index (κ2) is 6.20. The highest BCUT2D eigenvalue weighted by Gasteiger charge is 2.19. The molecule has 0 spiro atoms. The lowest BCUT2D eigenvalue weighted by Crippen LogP contribution is -2.17. The van der Waals surface area contributed by atoms with Crippen LogP contribution in [0.15, 0.2) is 36.7 Å². The van der Waals surface area contributed by atoms with Gasteiger partial charge in [-0.3, -0.25) is 9.20 Å². The maximum atomic E-state index is 12.8. The first-order valence-electron chi connectivity index (χ1n) is 7.80. The molecule has 1 amide bonds. The minimum absolute atomic E-state index is 0.178. The van der Waals surface area contributed by atoms with Crippen LogP contribution < -0.4 is 5.32 Å². The third kappa shape index (κ3) is 3.08. The largest absolute Gasteiger partial charge is 0.305 e. The minimum Gasteiger partial charge on any atom is -0.305 e. The van der Waals surface area contributed by atoms with Gasteiger partial charge in [0.25, 0.3) is 5.91 Å². The smallest absolute Gasteiger partial charge is 0.275 e. The summed E-state index contributed by atoms with van der Waals surface area (Å²) >= 11 is 0. The van der Waals surface area contributed by atoms with E-state index in [4.69, 9.17) is 0 Å². The molecule has 1 N–H and O–H groups in total. The Labute approximate surface area is 135 Å². The molecule has 3 rings (SSSR count). The van der Waals surface area contributed by atoms with E-state index in [1.54, 1.807) is 12.3 Å². The molecule has 0 aliphatic rings. The van der Waals surface area contributed by atoms with Gasteiger partial charge >= 0.3 is 0 Å². The predicted molar refractivity (Wildman–Crippen MR) is 90.9 cm³/mol. The number of nitrogens with zero attached hydrogens (tertiary/aromatic N) is 3. The molecule has 0 saturated heterocycles. The van der Waals surface area contributed by atoms with Crippen LogP contribution >= 0.6 is 0 Å². The van der Waals surface area contributed by atoms with E-state index in [0.717, 1.165) is 35.3 Å². The first-order valence-corrected chi connectivity index (χ1v) is 7.80. The Morgan fingerprint density at radius 1 is 1.17 bits per heavy atom. The molecule has 0 unspecified atom stereocenters. The first-order chi connectivity index (χ1) is 11.1.